The van der Waals surface area contributed by atoms with Crippen LogP contribution in [-0.4, -0.2) is 24.1 Å². The SMILES string of the molecule is O=C1C[C@H](c2ccc(F)cc2)CC2=C1C=N[C@H]1CCCC[C@@H]1N2. The summed E-state index contributed by atoms with van der Waals surface area (Å²) in [5.74, 6) is 0.0407. The molecule has 0 bridgehead atoms. The molecule has 0 amide bonds. The van der Waals surface area contributed by atoms with Crippen LogP contribution >= 0.6 is 0 Å². The monoisotopic (exact) mass is 312 g/mol. The lowest BCUT2D eigenvalue weighted by molar-refractivity contribution is -0.115. The number of fused-ring (bicyclic) bond motifs is 1. The van der Waals surface area contributed by atoms with Gasteiger partial charge in [-0.2, -0.15) is 0 Å². The van der Waals surface area contributed by atoms with Gasteiger partial charge in [0.05, 0.1) is 11.6 Å². The fourth-order valence-corrected chi connectivity index (χ4v) is 4.04. The van der Waals surface area contributed by atoms with Gasteiger partial charge in [-0.3, -0.25) is 9.79 Å². The van der Waals surface area contributed by atoms with E-state index in [1.54, 1.807) is 12.1 Å². The average Bonchev–Trinajstić information content (AvgIpc) is 2.74. The van der Waals surface area contributed by atoms with Crippen LogP contribution in [0.5, 0.6) is 0 Å². The second-order valence-corrected chi connectivity index (χ2v) is 6.85. The van der Waals surface area contributed by atoms with Crippen LogP contribution < -0.4 is 5.32 Å². The van der Waals surface area contributed by atoms with Crippen molar-refractivity contribution in [3.05, 3.63) is 46.9 Å². The van der Waals surface area contributed by atoms with Gasteiger partial charge in [-0.25, -0.2) is 4.39 Å². The van der Waals surface area contributed by atoms with Gasteiger partial charge in [0.2, 0.25) is 0 Å². The molecule has 23 heavy (non-hydrogen) atoms. The summed E-state index contributed by atoms with van der Waals surface area (Å²) in [7, 11) is 0. The van der Waals surface area contributed by atoms with Crippen LogP contribution in [0.25, 0.3) is 0 Å². The lowest BCUT2D eigenvalue weighted by Crippen LogP contribution is -2.41. The first-order valence-electron chi connectivity index (χ1n) is 8.52. The van der Waals surface area contributed by atoms with Crippen LogP contribution in [0.4, 0.5) is 4.39 Å². The maximum Gasteiger partial charge on any atom is 0.166 e. The summed E-state index contributed by atoms with van der Waals surface area (Å²) in [6.45, 7) is 0. The fourth-order valence-electron chi connectivity index (χ4n) is 4.04. The molecule has 3 atom stereocenters. The van der Waals surface area contributed by atoms with E-state index in [4.69, 9.17) is 0 Å². The zero-order valence-electron chi connectivity index (χ0n) is 13.1. The summed E-state index contributed by atoms with van der Waals surface area (Å²) in [4.78, 5) is 17.2. The van der Waals surface area contributed by atoms with Gasteiger partial charge in [0.15, 0.2) is 5.78 Å². The molecule has 0 saturated heterocycles. The van der Waals surface area contributed by atoms with Gasteiger partial charge in [-0.15, -0.1) is 0 Å². The average molecular weight is 312 g/mol. The van der Waals surface area contributed by atoms with Crippen LogP contribution in [-0.2, 0) is 4.79 Å². The highest BCUT2D eigenvalue weighted by molar-refractivity contribution is 6.15. The molecule has 1 heterocycles. The highest BCUT2D eigenvalue weighted by Crippen LogP contribution is 2.35. The molecule has 1 aromatic rings. The van der Waals surface area contributed by atoms with Gasteiger partial charge in [0.1, 0.15) is 5.82 Å². The maximum atomic E-state index is 13.1. The van der Waals surface area contributed by atoms with E-state index in [0.29, 0.717) is 18.5 Å². The number of carbonyl (C=O) groups excluding carboxylic acids is 1. The van der Waals surface area contributed by atoms with Crippen LogP contribution in [0.3, 0.4) is 0 Å². The topological polar surface area (TPSA) is 41.5 Å². The molecule has 4 rings (SSSR count). The number of halogens is 1. The number of Topliss-reactive ketones (excluding diaryl/α,β-unsaturated/α-hetero) is 1. The zero-order chi connectivity index (χ0) is 15.8. The third-order valence-electron chi connectivity index (χ3n) is 5.33. The number of benzene rings is 1. The Morgan fingerprint density at radius 1 is 1.09 bits per heavy atom. The summed E-state index contributed by atoms with van der Waals surface area (Å²) in [5.41, 5.74) is 2.83. The number of hydrogen-bond acceptors (Lipinski definition) is 3. The van der Waals surface area contributed by atoms with E-state index in [-0.39, 0.29) is 17.5 Å². The van der Waals surface area contributed by atoms with Crippen LogP contribution in [0.15, 0.2) is 40.5 Å². The molecule has 2 aliphatic carbocycles. The van der Waals surface area contributed by atoms with Gasteiger partial charge in [-0.1, -0.05) is 25.0 Å². The Balaban J connectivity index is 1.61. The van der Waals surface area contributed by atoms with Crippen LogP contribution in [0.1, 0.15) is 50.0 Å². The van der Waals surface area contributed by atoms with Gasteiger partial charge in [0, 0.05) is 24.4 Å². The predicted molar refractivity (Wildman–Crippen MR) is 88.1 cm³/mol. The van der Waals surface area contributed by atoms with E-state index in [1.807, 2.05) is 6.21 Å². The molecule has 0 aromatic heterocycles. The van der Waals surface area contributed by atoms with E-state index in [0.717, 1.165) is 36.1 Å². The Bertz CT molecular complexity index is 677. The Morgan fingerprint density at radius 2 is 1.87 bits per heavy atom. The van der Waals surface area contributed by atoms with Crippen molar-refractivity contribution in [3.8, 4) is 0 Å². The summed E-state index contributed by atoms with van der Waals surface area (Å²) < 4.78 is 13.1. The lowest BCUT2D eigenvalue weighted by atomic mass is 9.81. The number of hydrogen-bond donors (Lipinski definition) is 1. The number of nitrogens with one attached hydrogen (secondary N) is 1. The Labute approximate surface area is 135 Å². The fraction of sp³-hybridized carbons (Fsp3) is 0.474. The molecule has 4 heteroatoms. The van der Waals surface area contributed by atoms with Crippen molar-refractivity contribution in [2.24, 2.45) is 4.99 Å². The van der Waals surface area contributed by atoms with Crippen molar-refractivity contribution in [1.82, 2.24) is 5.32 Å². The normalized spacial score (nSPS) is 30.3. The Kier molecular flexibility index (Phi) is 3.76. The molecule has 1 saturated carbocycles. The summed E-state index contributed by atoms with van der Waals surface area (Å²) in [6, 6.07) is 7.20. The standard InChI is InChI=1S/C19H21FN2O/c20-14-7-5-12(6-8-14)13-9-18-15(19(23)10-13)11-21-16-3-1-2-4-17(16)22-18/h5-8,11,13,16-17,22H,1-4,9-10H2/t13-,16+,17+/m1/s1. The van der Waals surface area contributed by atoms with E-state index in [9.17, 15) is 9.18 Å². The second-order valence-electron chi connectivity index (χ2n) is 6.85. The number of rotatable bonds is 1. The third kappa shape index (κ3) is 2.82. The number of nitrogens with zero attached hydrogens (tertiary/aromatic N) is 1. The van der Waals surface area contributed by atoms with E-state index >= 15 is 0 Å². The first kappa shape index (κ1) is 14.6. The van der Waals surface area contributed by atoms with Crippen molar-refractivity contribution in [2.75, 3.05) is 0 Å². The van der Waals surface area contributed by atoms with Crippen LogP contribution in [0, 0.1) is 5.82 Å². The highest BCUT2D eigenvalue weighted by Gasteiger charge is 2.33. The minimum absolute atomic E-state index is 0.128. The Morgan fingerprint density at radius 3 is 2.70 bits per heavy atom. The number of aliphatic imine (C=N–C) groups is 1. The molecule has 1 fully saturated rings. The molecule has 0 spiro atoms. The zero-order valence-corrected chi connectivity index (χ0v) is 13.1. The van der Waals surface area contributed by atoms with E-state index in [1.165, 1.54) is 25.0 Å². The molecule has 1 aliphatic heterocycles. The summed E-state index contributed by atoms with van der Waals surface area (Å²) >= 11 is 0. The number of carbonyl (C=O) groups is 1. The molecule has 0 unspecified atom stereocenters. The van der Waals surface area contributed by atoms with Gasteiger partial charge < -0.3 is 5.32 Å². The lowest BCUT2D eigenvalue weighted by Gasteiger charge is -2.32. The number of ketones is 1. The molecule has 1 aromatic carbocycles. The van der Waals surface area contributed by atoms with Crippen molar-refractivity contribution >= 4 is 12.0 Å². The van der Waals surface area contributed by atoms with Crippen molar-refractivity contribution in [3.63, 3.8) is 0 Å². The van der Waals surface area contributed by atoms with Gasteiger partial charge in [-0.05, 0) is 42.9 Å². The molecular weight excluding hydrogens is 291 g/mol. The van der Waals surface area contributed by atoms with E-state index < -0.39 is 0 Å². The smallest absolute Gasteiger partial charge is 0.166 e. The molecule has 120 valence electrons. The first-order chi connectivity index (χ1) is 11.2. The van der Waals surface area contributed by atoms with Crippen molar-refractivity contribution in [2.45, 2.75) is 56.5 Å². The van der Waals surface area contributed by atoms with Crippen molar-refractivity contribution < 1.29 is 9.18 Å². The molecule has 3 aliphatic rings. The maximum absolute atomic E-state index is 13.1. The second kappa shape index (κ2) is 5.91. The molecule has 0 radical (unpaired) electrons. The molecule has 1 N–H and O–H groups in total. The van der Waals surface area contributed by atoms with Crippen LogP contribution in [0.2, 0.25) is 0 Å². The minimum atomic E-state index is -0.236. The summed E-state index contributed by atoms with van der Waals surface area (Å²) in [6.07, 6.45) is 7.76. The molecule has 3 nitrogen and oxygen atoms in total. The molecular formula is C19H21FN2O. The first-order valence-corrected chi connectivity index (χ1v) is 8.52. The predicted octanol–water partition coefficient (Wildman–Crippen LogP) is 3.51. The van der Waals surface area contributed by atoms with Gasteiger partial charge >= 0.3 is 0 Å². The Hall–Kier alpha value is -1.97. The quantitative estimate of drug-likeness (QED) is 0.862. The summed E-state index contributed by atoms with van der Waals surface area (Å²) in [5, 5.41) is 3.62. The van der Waals surface area contributed by atoms with Crippen molar-refractivity contribution in [1.29, 1.82) is 0 Å². The van der Waals surface area contributed by atoms with Gasteiger partial charge in [0.25, 0.3) is 0 Å². The minimum Gasteiger partial charge on any atom is -0.383 e. The van der Waals surface area contributed by atoms with E-state index in [2.05, 4.69) is 10.3 Å². The largest absolute Gasteiger partial charge is 0.383 e. The number of allylic oxidation sites excluding steroid dienone is 2. The third-order valence-corrected chi connectivity index (χ3v) is 5.33. The highest BCUT2D eigenvalue weighted by atomic mass is 19.1.